The van der Waals surface area contributed by atoms with Crippen LogP contribution in [0.25, 0.3) is 27.5 Å². The number of aromatic nitrogens is 3. The van der Waals surface area contributed by atoms with E-state index in [-0.39, 0.29) is 5.56 Å². The number of nitrogens with one attached hydrogen (secondary N) is 1. The molecule has 0 aliphatic carbocycles. The van der Waals surface area contributed by atoms with Crippen LogP contribution in [0.3, 0.4) is 0 Å². The molecular formula is C27H26N4O. The minimum Gasteiger partial charge on any atom is -0.364 e. The SMILES string of the molecule is CCN(Cc1cc2cccc(C)c2c(=O)n1-c1ccccc1C)c1cccc2[nH]cnc12. The third kappa shape index (κ3) is 3.26. The van der Waals surface area contributed by atoms with E-state index in [9.17, 15) is 4.79 Å². The summed E-state index contributed by atoms with van der Waals surface area (Å²) in [6.07, 6.45) is 1.73. The largest absolute Gasteiger partial charge is 0.364 e. The fourth-order valence-corrected chi connectivity index (χ4v) is 4.55. The molecule has 0 bridgehead atoms. The number of hydrogen-bond donors (Lipinski definition) is 1. The molecule has 3 aromatic carbocycles. The van der Waals surface area contributed by atoms with Gasteiger partial charge in [-0.1, -0.05) is 42.5 Å². The van der Waals surface area contributed by atoms with Crippen molar-refractivity contribution < 1.29 is 0 Å². The summed E-state index contributed by atoms with van der Waals surface area (Å²) in [6.45, 7) is 7.57. The first-order valence-electron chi connectivity index (χ1n) is 11.0. The highest BCUT2D eigenvalue weighted by Gasteiger charge is 2.18. The topological polar surface area (TPSA) is 53.9 Å². The summed E-state index contributed by atoms with van der Waals surface area (Å²) in [4.78, 5) is 23.8. The lowest BCUT2D eigenvalue weighted by Gasteiger charge is -2.26. The van der Waals surface area contributed by atoms with Gasteiger partial charge in [0.25, 0.3) is 5.56 Å². The molecule has 5 nitrogen and oxygen atoms in total. The van der Waals surface area contributed by atoms with E-state index in [1.165, 1.54) is 0 Å². The zero-order chi connectivity index (χ0) is 22.2. The van der Waals surface area contributed by atoms with Gasteiger partial charge in [0.1, 0.15) is 5.52 Å². The predicted molar refractivity (Wildman–Crippen MR) is 132 cm³/mol. The molecule has 32 heavy (non-hydrogen) atoms. The van der Waals surface area contributed by atoms with Gasteiger partial charge >= 0.3 is 0 Å². The summed E-state index contributed by atoms with van der Waals surface area (Å²) in [5, 5.41) is 1.75. The number of benzene rings is 3. The van der Waals surface area contributed by atoms with E-state index < -0.39 is 0 Å². The number of imidazole rings is 1. The van der Waals surface area contributed by atoms with Crippen LogP contribution in [0.4, 0.5) is 5.69 Å². The van der Waals surface area contributed by atoms with E-state index >= 15 is 0 Å². The normalized spacial score (nSPS) is 11.3. The minimum absolute atomic E-state index is 0.0268. The van der Waals surface area contributed by atoms with E-state index in [2.05, 4.69) is 46.9 Å². The molecular weight excluding hydrogens is 396 g/mol. The number of H-pyrrole nitrogens is 1. The van der Waals surface area contributed by atoms with Gasteiger partial charge in [0, 0.05) is 12.2 Å². The first-order valence-corrected chi connectivity index (χ1v) is 11.0. The number of anilines is 1. The number of nitrogens with zero attached hydrogens (tertiary/aromatic N) is 3. The van der Waals surface area contributed by atoms with Crippen molar-refractivity contribution in [3.8, 4) is 5.69 Å². The van der Waals surface area contributed by atoms with Gasteiger partial charge in [-0.25, -0.2) is 4.98 Å². The van der Waals surface area contributed by atoms with Crippen molar-refractivity contribution in [2.45, 2.75) is 27.3 Å². The number of aryl methyl sites for hydroxylation is 2. The Labute approximate surface area is 187 Å². The first kappa shape index (κ1) is 20.1. The molecule has 160 valence electrons. The highest BCUT2D eigenvalue weighted by atomic mass is 16.1. The Kier molecular flexibility index (Phi) is 5.02. The maximum Gasteiger partial charge on any atom is 0.263 e. The van der Waals surface area contributed by atoms with E-state index in [1.807, 2.05) is 60.0 Å². The summed E-state index contributed by atoms with van der Waals surface area (Å²) >= 11 is 0. The number of hydrogen-bond acceptors (Lipinski definition) is 3. The molecule has 0 amide bonds. The van der Waals surface area contributed by atoms with Crippen LogP contribution in [0, 0.1) is 13.8 Å². The molecule has 0 saturated carbocycles. The van der Waals surface area contributed by atoms with Gasteiger partial charge in [-0.05, 0) is 61.5 Å². The van der Waals surface area contributed by atoms with Gasteiger partial charge in [-0.15, -0.1) is 0 Å². The maximum absolute atomic E-state index is 13.8. The fourth-order valence-electron chi connectivity index (χ4n) is 4.55. The number of rotatable bonds is 5. The second-order valence-electron chi connectivity index (χ2n) is 8.19. The molecule has 5 heteroatoms. The zero-order valence-corrected chi connectivity index (χ0v) is 18.6. The first-order chi connectivity index (χ1) is 15.6. The van der Waals surface area contributed by atoms with Gasteiger partial charge in [0.2, 0.25) is 0 Å². The molecule has 0 saturated heterocycles. The fraction of sp³-hybridized carbons (Fsp3) is 0.185. The molecule has 0 aliphatic heterocycles. The summed E-state index contributed by atoms with van der Waals surface area (Å²) in [6, 6.07) is 22.4. The van der Waals surface area contributed by atoms with Crippen LogP contribution < -0.4 is 10.5 Å². The van der Waals surface area contributed by atoms with Crippen molar-refractivity contribution >= 4 is 27.5 Å². The third-order valence-corrected chi connectivity index (χ3v) is 6.19. The average Bonchev–Trinajstić information content (AvgIpc) is 3.27. The Morgan fingerprint density at radius 2 is 1.75 bits per heavy atom. The minimum atomic E-state index is 0.0268. The number of aromatic amines is 1. The molecule has 0 aliphatic rings. The Hall–Kier alpha value is -3.86. The van der Waals surface area contributed by atoms with Crippen LogP contribution in [0.5, 0.6) is 0 Å². The highest BCUT2D eigenvalue weighted by molar-refractivity contribution is 5.89. The maximum atomic E-state index is 13.8. The lowest BCUT2D eigenvalue weighted by Crippen LogP contribution is -2.29. The van der Waals surface area contributed by atoms with Gasteiger partial charge in [-0.2, -0.15) is 0 Å². The predicted octanol–water partition coefficient (Wildman–Crippen LogP) is 5.51. The van der Waals surface area contributed by atoms with E-state index in [4.69, 9.17) is 0 Å². The lowest BCUT2D eigenvalue weighted by molar-refractivity contribution is 0.773. The molecule has 0 atom stereocenters. The molecule has 5 aromatic rings. The van der Waals surface area contributed by atoms with Crippen molar-refractivity contribution in [3.63, 3.8) is 0 Å². The second kappa shape index (κ2) is 8.00. The van der Waals surface area contributed by atoms with Gasteiger partial charge in [-0.3, -0.25) is 9.36 Å². The number of pyridine rings is 1. The van der Waals surface area contributed by atoms with Crippen LogP contribution in [0.1, 0.15) is 23.7 Å². The number of fused-ring (bicyclic) bond motifs is 2. The summed E-state index contributed by atoms with van der Waals surface area (Å²) < 4.78 is 1.89. The van der Waals surface area contributed by atoms with Crippen molar-refractivity contribution in [3.05, 3.63) is 100 Å². The van der Waals surface area contributed by atoms with Crippen molar-refractivity contribution in [1.29, 1.82) is 0 Å². The van der Waals surface area contributed by atoms with E-state index in [1.54, 1.807) is 6.33 Å². The highest BCUT2D eigenvalue weighted by Crippen LogP contribution is 2.27. The van der Waals surface area contributed by atoms with Crippen LogP contribution in [-0.2, 0) is 6.54 Å². The third-order valence-electron chi connectivity index (χ3n) is 6.19. The van der Waals surface area contributed by atoms with Gasteiger partial charge in [0.05, 0.1) is 35.1 Å². The molecule has 2 aromatic heterocycles. The smallest absolute Gasteiger partial charge is 0.263 e. The van der Waals surface area contributed by atoms with E-state index in [0.717, 1.165) is 56.5 Å². The average molecular weight is 423 g/mol. The zero-order valence-electron chi connectivity index (χ0n) is 18.6. The molecule has 2 heterocycles. The molecule has 0 spiro atoms. The van der Waals surface area contributed by atoms with Crippen molar-refractivity contribution in [2.24, 2.45) is 0 Å². The molecule has 1 N–H and O–H groups in total. The van der Waals surface area contributed by atoms with Crippen molar-refractivity contribution in [2.75, 3.05) is 11.4 Å². The lowest BCUT2D eigenvalue weighted by atomic mass is 10.0. The van der Waals surface area contributed by atoms with Crippen molar-refractivity contribution in [1.82, 2.24) is 14.5 Å². The molecule has 5 rings (SSSR count). The quantitative estimate of drug-likeness (QED) is 0.406. The molecule has 0 fully saturated rings. The second-order valence-corrected chi connectivity index (χ2v) is 8.19. The van der Waals surface area contributed by atoms with Gasteiger partial charge in [0.15, 0.2) is 0 Å². The van der Waals surface area contributed by atoms with Crippen LogP contribution in [0.2, 0.25) is 0 Å². The van der Waals surface area contributed by atoms with E-state index in [0.29, 0.717) is 6.54 Å². The van der Waals surface area contributed by atoms with Crippen LogP contribution >= 0.6 is 0 Å². The van der Waals surface area contributed by atoms with Crippen LogP contribution in [0.15, 0.2) is 77.9 Å². The standard InChI is InChI=1S/C27H26N4O/c1-4-30(24-14-8-12-22-26(24)29-17-28-22)16-21-15-20-11-7-10-19(3)25(20)27(32)31(21)23-13-6-5-9-18(23)2/h5-15,17H,4,16H2,1-3H3,(H,28,29). The Morgan fingerprint density at radius 1 is 0.969 bits per heavy atom. The summed E-state index contributed by atoms with van der Waals surface area (Å²) in [7, 11) is 0. The molecule has 0 unspecified atom stereocenters. The molecule has 0 radical (unpaired) electrons. The van der Waals surface area contributed by atoms with Crippen LogP contribution in [-0.4, -0.2) is 21.1 Å². The Bertz CT molecular complexity index is 1500. The Balaban J connectivity index is 1.74. The Morgan fingerprint density at radius 3 is 2.56 bits per heavy atom. The summed E-state index contributed by atoms with van der Waals surface area (Å²) in [5.74, 6) is 0. The monoisotopic (exact) mass is 422 g/mol. The number of para-hydroxylation sites is 2. The summed E-state index contributed by atoms with van der Waals surface area (Å²) in [5.41, 5.74) is 6.97. The van der Waals surface area contributed by atoms with Gasteiger partial charge < -0.3 is 9.88 Å².